The summed E-state index contributed by atoms with van der Waals surface area (Å²) in [7, 11) is 0. The summed E-state index contributed by atoms with van der Waals surface area (Å²) < 4.78 is 10.4. The highest BCUT2D eigenvalue weighted by Gasteiger charge is 2.40. The van der Waals surface area contributed by atoms with Gasteiger partial charge in [0.1, 0.15) is 18.3 Å². The zero-order valence-corrected chi connectivity index (χ0v) is 8.74. The van der Waals surface area contributed by atoms with E-state index in [9.17, 15) is 10.2 Å². The summed E-state index contributed by atoms with van der Waals surface area (Å²) in [4.78, 5) is 0. The van der Waals surface area contributed by atoms with Gasteiger partial charge < -0.3 is 30.5 Å². The third-order valence-electron chi connectivity index (χ3n) is 2.57. The van der Waals surface area contributed by atoms with E-state index in [1.54, 1.807) is 6.92 Å². The predicted octanol–water partition coefficient (Wildman–Crippen LogP) is -2.17. The molecule has 0 saturated carbocycles. The maximum absolute atomic E-state index is 9.63. The fourth-order valence-electron chi connectivity index (χ4n) is 1.57. The summed E-state index contributed by atoms with van der Waals surface area (Å²) in [6.45, 7) is 1.97. The quantitative estimate of drug-likeness (QED) is 0.403. The van der Waals surface area contributed by atoms with Gasteiger partial charge in [-0.1, -0.05) is 0 Å². The molecule has 1 fully saturated rings. The molecular weight excluding hydrogens is 202 g/mol. The van der Waals surface area contributed by atoms with Crippen molar-refractivity contribution < 1.29 is 24.8 Å². The highest BCUT2D eigenvalue weighted by atomic mass is 16.6. The van der Waals surface area contributed by atoms with Gasteiger partial charge in [-0.15, -0.1) is 0 Å². The standard InChI is InChI=1S/C9H19NO5/c1-5-7(10)9(13)8(12)6(15-5)4-14-3-2-11/h5-9,11-13H,2-4,10H2,1H3/t5-,6?,7?,8+,9+/m0/s1. The Kier molecular flexibility index (Phi) is 4.91. The van der Waals surface area contributed by atoms with Gasteiger partial charge in [0, 0.05) is 0 Å². The molecule has 1 saturated heterocycles. The minimum Gasteiger partial charge on any atom is -0.394 e. The fourth-order valence-corrected chi connectivity index (χ4v) is 1.57. The van der Waals surface area contributed by atoms with Crippen LogP contribution in [-0.4, -0.2) is 65.6 Å². The molecular formula is C9H19NO5. The minimum absolute atomic E-state index is 0.0829. The summed E-state index contributed by atoms with van der Waals surface area (Å²) in [6, 6.07) is -0.589. The normalized spacial score (nSPS) is 41.8. The van der Waals surface area contributed by atoms with Crippen LogP contribution in [0.3, 0.4) is 0 Å². The first kappa shape index (κ1) is 12.8. The first-order valence-corrected chi connectivity index (χ1v) is 5.03. The molecule has 5 atom stereocenters. The van der Waals surface area contributed by atoms with Crippen molar-refractivity contribution in [1.29, 1.82) is 0 Å². The number of aliphatic hydroxyl groups excluding tert-OH is 3. The van der Waals surface area contributed by atoms with Crippen molar-refractivity contribution in [2.45, 2.75) is 37.4 Å². The molecule has 1 heterocycles. The highest BCUT2D eigenvalue weighted by molar-refractivity contribution is 4.92. The van der Waals surface area contributed by atoms with Gasteiger partial charge in [0.05, 0.1) is 32.0 Å². The van der Waals surface area contributed by atoms with Crippen LogP contribution in [0.2, 0.25) is 0 Å². The van der Waals surface area contributed by atoms with E-state index in [0.29, 0.717) is 0 Å². The van der Waals surface area contributed by atoms with Gasteiger partial charge in [0.2, 0.25) is 0 Å². The Morgan fingerprint density at radius 3 is 2.60 bits per heavy atom. The van der Waals surface area contributed by atoms with Gasteiger partial charge >= 0.3 is 0 Å². The van der Waals surface area contributed by atoms with E-state index in [1.807, 2.05) is 0 Å². The molecule has 0 spiro atoms. The van der Waals surface area contributed by atoms with Crippen molar-refractivity contribution in [1.82, 2.24) is 0 Å². The maximum atomic E-state index is 9.63. The van der Waals surface area contributed by atoms with Crippen molar-refractivity contribution >= 4 is 0 Å². The first-order chi connectivity index (χ1) is 7.07. The summed E-state index contributed by atoms with van der Waals surface area (Å²) in [5.41, 5.74) is 5.61. The lowest BCUT2D eigenvalue weighted by Gasteiger charge is -2.39. The molecule has 5 N–H and O–H groups in total. The molecule has 0 radical (unpaired) electrons. The number of rotatable bonds is 4. The largest absolute Gasteiger partial charge is 0.394 e. The lowest BCUT2D eigenvalue weighted by molar-refractivity contribution is -0.189. The monoisotopic (exact) mass is 221 g/mol. The number of nitrogens with two attached hydrogens (primary N) is 1. The number of aliphatic hydroxyl groups is 3. The third-order valence-corrected chi connectivity index (χ3v) is 2.57. The second-order valence-corrected chi connectivity index (χ2v) is 3.74. The molecule has 1 aliphatic heterocycles. The first-order valence-electron chi connectivity index (χ1n) is 5.03. The average Bonchev–Trinajstić information content (AvgIpc) is 2.23. The van der Waals surface area contributed by atoms with E-state index < -0.39 is 24.4 Å². The van der Waals surface area contributed by atoms with Gasteiger partial charge in [-0.3, -0.25) is 0 Å². The summed E-state index contributed by atoms with van der Waals surface area (Å²) in [5.74, 6) is 0. The summed E-state index contributed by atoms with van der Waals surface area (Å²) in [6.07, 6.45) is -2.97. The number of hydrogen-bond acceptors (Lipinski definition) is 6. The average molecular weight is 221 g/mol. The molecule has 1 aliphatic rings. The minimum atomic E-state index is -1.05. The zero-order chi connectivity index (χ0) is 11.4. The van der Waals surface area contributed by atoms with Crippen LogP contribution in [0, 0.1) is 0 Å². The van der Waals surface area contributed by atoms with Crippen molar-refractivity contribution in [3.05, 3.63) is 0 Å². The van der Waals surface area contributed by atoms with Crippen molar-refractivity contribution in [2.24, 2.45) is 5.73 Å². The van der Waals surface area contributed by atoms with Crippen LogP contribution in [-0.2, 0) is 9.47 Å². The third kappa shape index (κ3) is 3.10. The predicted molar refractivity (Wildman–Crippen MR) is 52.2 cm³/mol. The Hall–Kier alpha value is -0.240. The summed E-state index contributed by atoms with van der Waals surface area (Å²) >= 11 is 0. The topological polar surface area (TPSA) is 105 Å². The zero-order valence-electron chi connectivity index (χ0n) is 8.74. The molecule has 6 nitrogen and oxygen atoms in total. The molecule has 0 aromatic rings. The van der Waals surface area contributed by atoms with E-state index in [2.05, 4.69) is 0 Å². The maximum Gasteiger partial charge on any atom is 0.110 e. The van der Waals surface area contributed by atoms with E-state index in [-0.39, 0.29) is 25.9 Å². The molecule has 6 heteroatoms. The smallest absolute Gasteiger partial charge is 0.110 e. The summed E-state index contributed by atoms with van der Waals surface area (Å²) in [5, 5.41) is 27.7. The molecule has 15 heavy (non-hydrogen) atoms. The second-order valence-electron chi connectivity index (χ2n) is 3.74. The van der Waals surface area contributed by atoms with E-state index in [4.69, 9.17) is 20.3 Å². The Morgan fingerprint density at radius 2 is 2.00 bits per heavy atom. The molecule has 0 aromatic carbocycles. The van der Waals surface area contributed by atoms with Crippen LogP contribution in [0.1, 0.15) is 6.92 Å². The van der Waals surface area contributed by atoms with E-state index >= 15 is 0 Å². The van der Waals surface area contributed by atoms with Gasteiger partial charge in [-0.05, 0) is 6.92 Å². The number of ether oxygens (including phenoxy) is 2. The molecule has 0 bridgehead atoms. The van der Waals surface area contributed by atoms with E-state index in [0.717, 1.165) is 0 Å². The van der Waals surface area contributed by atoms with Crippen molar-refractivity contribution in [3.8, 4) is 0 Å². The molecule has 90 valence electrons. The van der Waals surface area contributed by atoms with Gasteiger partial charge in [-0.25, -0.2) is 0 Å². The van der Waals surface area contributed by atoms with Crippen LogP contribution >= 0.6 is 0 Å². The Bertz CT molecular complexity index is 191. The van der Waals surface area contributed by atoms with Crippen LogP contribution < -0.4 is 5.73 Å². The highest BCUT2D eigenvalue weighted by Crippen LogP contribution is 2.19. The van der Waals surface area contributed by atoms with Crippen LogP contribution in [0.15, 0.2) is 0 Å². The van der Waals surface area contributed by atoms with E-state index in [1.165, 1.54) is 0 Å². The van der Waals surface area contributed by atoms with Gasteiger partial charge in [0.15, 0.2) is 0 Å². The van der Waals surface area contributed by atoms with Crippen molar-refractivity contribution in [2.75, 3.05) is 19.8 Å². The molecule has 0 aromatic heterocycles. The lowest BCUT2D eigenvalue weighted by atomic mass is 9.94. The lowest BCUT2D eigenvalue weighted by Crippen LogP contribution is -2.61. The Labute approximate surface area is 88.6 Å². The van der Waals surface area contributed by atoms with Crippen LogP contribution in [0.5, 0.6) is 0 Å². The SMILES string of the molecule is C[C@@H]1OC(COCCO)[C@@H](O)[C@H](O)C1N. The van der Waals surface area contributed by atoms with Gasteiger partial charge in [-0.2, -0.15) is 0 Å². The molecule has 0 amide bonds. The van der Waals surface area contributed by atoms with Crippen LogP contribution in [0.25, 0.3) is 0 Å². The second kappa shape index (κ2) is 5.74. The van der Waals surface area contributed by atoms with Crippen molar-refractivity contribution in [3.63, 3.8) is 0 Å². The van der Waals surface area contributed by atoms with Gasteiger partial charge in [0.25, 0.3) is 0 Å². The molecule has 2 unspecified atom stereocenters. The number of hydrogen-bond donors (Lipinski definition) is 4. The molecule has 1 rings (SSSR count). The fraction of sp³-hybridized carbons (Fsp3) is 1.00. The van der Waals surface area contributed by atoms with Crippen LogP contribution in [0.4, 0.5) is 0 Å². The Balaban J connectivity index is 2.43. The molecule has 0 aliphatic carbocycles. The Morgan fingerprint density at radius 1 is 1.33 bits per heavy atom.